The highest BCUT2D eigenvalue weighted by atomic mass is 16.5. The molecule has 1 unspecified atom stereocenters. The average Bonchev–Trinajstić information content (AvgIpc) is 2.13. The van der Waals surface area contributed by atoms with Crippen LogP contribution in [0.1, 0.15) is 33.1 Å². The Hall–Kier alpha value is -0.610. The molecule has 0 bridgehead atoms. The van der Waals surface area contributed by atoms with Crippen LogP contribution >= 0.6 is 0 Å². The molecule has 0 rings (SSSR count). The molecule has 0 saturated heterocycles. The van der Waals surface area contributed by atoms with Gasteiger partial charge in [0.15, 0.2) is 0 Å². The molecule has 0 aromatic heterocycles. The largest absolute Gasteiger partial charge is 0.380 e. The second kappa shape index (κ2) is 8.97. The van der Waals surface area contributed by atoms with Gasteiger partial charge in [0, 0.05) is 25.6 Å². The van der Waals surface area contributed by atoms with Gasteiger partial charge in [-0.15, -0.1) is 0 Å². The van der Waals surface area contributed by atoms with Crippen LogP contribution in [0.3, 0.4) is 0 Å². The van der Waals surface area contributed by atoms with Crippen LogP contribution in [-0.2, 0) is 9.53 Å². The minimum Gasteiger partial charge on any atom is -0.380 e. The summed E-state index contributed by atoms with van der Waals surface area (Å²) in [7, 11) is 0. The highest BCUT2D eigenvalue weighted by molar-refractivity contribution is 5.76. The summed E-state index contributed by atoms with van der Waals surface area (Å²) in [6.07, 6.45) is 2.34. The van der Waals surface area contributed by atoms with Crippen LogP contribution in [0.2, 0.25) is 0 Å². The van der Waals surface area contributed by atoms with Crippen molar-refractivity contribution in [3.8, 4) is 0 Å². The number of nitrogens with two attached hydrogens (primary N) is 1. The summed E-state index contributed by atoms with van der Waals surface area (Å²) < 4.78 is 5.09. The van der Waals surface area contributed by atoms with Gasteiger partial charge >= 0.3 is 0 Å². The molecular weight excluding hydrogens is 180 g/mol. The lowest BCUT2D eigenvalue weighted by Gasteiger charge is -2.10. The predicted molar refractivity (Wildman–Crippen MR) is 57.0 cm³/mol. The molecule has 1 atom stereocenters. The van der Waals surface area contributed by atoms with Gasteiger partial charge in [0.25, 0.3) is 0 Å². The summed E-state index contributed by atoms with van der Waals surface area (Å²) in [5.74, 6) is 0.0191. The lowest BCUT2D eigenvalue weighted by Crippen LogP contribution is -2.33. The first-order valence-corrected chi connectivity index (χ1v) is 5.30. The van der Waals surface area contributed by atoms with E-state index in [9.17, 15) is 4.79 Å². The van der Waals surface area contributed by atoms with E-state index >= 15 is 0 Å². The quantitative estimate of drug-likeness (QED) is 0.568. The van der Waals surface area contributed by atoms with E-state index in [1.165, 1.54) is 0 Å². The van der Waals surface area contributed by atoms with Crippen molar-refractivity contribution in [1.29, 1.82) is 0 Å². The fourth-order valence-corrected chi connectivity index (χ4v) is 1.19. The first-order chi connectivity index (χ1) is 6.70. The van der Waals surface area contributed by atoms with Crippen LogP contribution in [0.4, 0.5) is 0 Å². The Morgan fingerprint density at radius 1 is 1.50 bits per heavy atom. The molecule has 14 heavy (non-hydrogen) atoms. The van der Waals surface area contributed by atoms with E-state index in [-0.39, 0.29) is 11.9 Å². The van der Waals surface area contributed by atoms with Crippen molar-refractivity contribution in [2.24, 2.45) is 5.73 Å². The molecule has 84 valence electrons. The highest BCUT2D eigenvalue weighted by Gasteiger charge is 2.07. The zero-order valence-electron chi connectivity index (χ0n) is 9.21. The van der Waals surface area contributed by atoms with E-state index in [1.807, 2.05) is 6.92 Å². The third kappa shape index (κ3) is 8.01. The Morgan fingerprint density at radius 2 is 2.21 bits per heavy atom. The molecular formula is C10H22N2O2. The fraction of sp³-hybridized carbons (Fsp3) is 0.900. The lowest BCUT2D eigenvalue weighted by molar-refractivity contribution is -0.121. The van der Waals surface area contributed by atoms with Gasteiger partial charge in [0.05, 0.1) is 6.61 Å². The van der Waals surface area contributed by atoms with Gasteiger partial charge in [-0.25, -0.2) is 0 Å². The number of hydrogen-bond acceptors (Lipinski definition) is 3. The third-order valence-corrected chi connectivity index (χ3v) is 1.88. The number of carbonyl (C=O) groups is 1. The summed E-state index contributed by atoms with van der Waals surface area (Å²) in [6, 6.07) is -0.00732. The van der Waals surface area contributed by atoms with Gasteiger partial charge in [0.1, 0.15) is 0 Å². The van der Waals surface area contributed by atoms with Crippen molar-refractivity contribution in [1.82, 2.24) is 5.32 Å². The fourth-order valence-electron chi connectivity index (χ4n) is 1.19. The van der Waals surface area contributed by atoms with Gasteiger partial charge in [-0.05, 0) is 13.3 Å². The monoisotopic (exact) mass is 202 g/mol. The number of nitrogens with one attached hydrogen (secondary N) is 1. The molecule has 0 spiro atoms. The van der Waals surface area contributed by atoms with Crippen LogP contribution in [0.5, 0.6) is 0 Å². The van der Waals surface area contributed by atoms with Crippen LogP contribution in [0.15, 0.2) is 0 Å². The number of hydrogen-bond donors (Lipinski definition) is 2. The maximum atomic E-state index is 11.2. The van der Waals surface area contributed by atoms with Crippen molar-refractivity contribution in [2.75, 3.05) is 19.8 Å². The summed E-state index contributed by atoms with van der Waals surface area (Å²) in [4.78, 5) is 11.2. The number of amides is 1. The van der Waals surface area contributed by atoms with Gasteiger partial charge < -0.3 is 15.8 Å². The first-order valence-electron chi connectivity index (χ1n) is 5.30. The molecule has 3 N–H and O–H groups in total. The Kier molecular flexibility index (Phi) is 8.57. The molecule has 4 nitrogen and oxygen atoms in total. The topological polar surface area (TPSA) is 64.4 Å². The van der Waals surface area contributed by atoms with Crippen molar-refractivity contribution < 1.29 is 9.53 Å². The summed E-state index contributed by atoms with van der Waals surface area (Å²) in [5.41, 5.74) is 5.72. The summed E-state index contributed by atoms with van der Waals surface area (Å²) in [5, 5.41) is 2.76. The smallest absolute Gasteiger partial charge is 0.221 e. The van der Waals surface area contributed by atoms with Gasteiger partial charge in [-0.1, -0.05) is 13.3 Å². The summed E-state index contributed by atoms with van der Waals surface area (Å²) in [6.45, 7) is 5.83. The van der Waals surface area contributed by atoms with Crippen molar-refractivity contribution in [3.05, 3.63) is 0 Å². The second-order valence-electron chi connectivity index (χ2n) is 3.30. The Bertz CT molecular complexity index is 151. The SMILES string of the molecule is CCCC(N)CC(=O)NCCOCC. The van der Waals surface area contributed by atoms with Crippen molar-refractivity contribution >= 4 is 5.91 Å². The van der Waals surface area contributed by atoms with Gasteiger partial charge in [0.2, 0.25) is 5.91 Å². The standard InChI is InChI=1S/C10H22N2O2/c1-3-5-9(11)8-10(13)12-6-7-14-4-2/h9H,3-8,11H2,1-2H3,(H,12,13). The molecule has 0 aromatic carbocycles. The minimum absolute atomic E-state index is 0.00732. The van der Waals surface area contributed by atoms with E-state index in [1.54, 1.807) is 0 Å². The number of ether oxygens (including phenoxy) is 1. The minimum atomic E-state index is -0.00732. The zero-order valence-corrected chi connectivity index (χ0v) is 9.21. The van der Waals surface area contributed by atoms with E-state index in [0.29, 0.717) is 26.2 Å². The highest BCUT2D eigenvalue weighted by Crippen LogP contribution is 1.97. The summed E-state index contributed by atoms with van der Waals surface area (Å²) >= 11 is 0. The normalized spacial score (nSPS) is 12.5. The maximum Gasteiger partial charge on any atom is 0.221 e. The van der Waals surface area contributed by atoms with Crippen molar-refractivity contribution in [2.45, 2.75) is 39.2 Å². The van der Waals surface area contributed by atoms with Gasteiger partial charge in [-0.3, -0.25) is 4.79 Å². The molecule has 0 saturated carbocycles. The van der Waals surface area contributed by atoms with E-state index in [2.05, 4.69) is 12.2 Å². The Morgan fingerprint density at radius 3 is 2.79 bits per heavy atom. The molecule has 1 amide bonds. The molecule has 0 aliphatic heterocycles. The molecule has 0 aromatic rings. The number of carbonyl (C=O) groups excluding carboxylic acids is 1. The van der Waals surface area contributed by atoms with Crippen LogP contribution in [0, 0.1) is 0 Å². The molecule has 0 fully saturated rings. The Labute approximate surface area is 86.2 Å². The molecule has 0 aliphatic rings. The average molecular weight is 202 g/mol. The third-order valence-electron chi connectivity index (χ3n) is 1.88. The molecule has 0 heterocycles. The van der Waals surface area contributed by atoms with Crippen molar-refractivity contribution in [3.63, 3.8) is 0 Å². The predicted octanol–water partition coefficient (Wildman–Crippen LogP) is 0.657. The molecule has 0 aliphatic carbocycles. The maximum absolute atomic E-state index is 11.2. The van der Waals surface area contributed by atoms with Crippen LogP contribution in [0.25, 0.3) is 0 Å². The second-order valence-corrected chi connectivity index (χ2v) is 3.30. The molecule has 4 heteroatoms. The number of rotatable bonds is 8. The van der Waals surface area contributed by atoms with Crippen LogP contribution in [-0.4, -0.2) is 31.7 Å². The Balaban J connectivity index is 3.35. The van der Waals surface area contributed by atoms with E-state index in [4.69, 9.17) is 10.5 Å². The first kappa shape index (κ1) is 13.4. The van der Waals surface area contributed by atoms with E-state index in [0.717, 1.165) is 12.8 Å². The van der Waals surface area contributed by atoms with Gasteiger partial charge in [-0.2, -0.15) is 0 Å². The van der Waals surface area contributed by atoms with Crippen LogP contribution < -0.4 is 11.1 Å². The lowest BCUT2D eigenvalue weighted by atomic mass is 10.1. The van der Waals surface area contributed by atoms with E-state index < -0.39 is 0 Å². The molecule has 0 radical (unpaired) electrons. The zero-order chi connectivity index (χ0) is 10.8.